The van der Waals surface area contributed by atoms with E-state index < -0.39 is 11.7 Å². The number of aromatic nitrogens is 1. The molecule has 6 heteroatoms. The van der Waals surface area contributed by atoms with Crippen molar-refractivity contribution in [1.29, 1.82) is 0 Å². The highest BCUT2D eigenvalue weighted by Gasteiger charge is 2.15. The van der Waals surface area contributed by atoms with Gasteiger partial charge in [0.15, 0.2) is 0 Å². The normalized spacial score (nSPS) is 19.1. The molecule has 1 atom stereocenters. The maximum atomic E-state index is 13.0. The van der Waals surface area contributed by atoms with Crippen LogP contribution >= 0.6 is 0 Å². The highest BCUT2D eigenvalue weighted by Crippen LogP contribution is 2.15. The van der Waals surface area contributed by atoms with Gasteiger partial charge in [-0.05, 0) is 31.7 Å². The van der Waals surface area contributed by atoms with E-state index in [4.69, 9.17) is 10.5 Å². The summed E-state index contributed by atoms with van der Waals surface area (Å²) in [5.74, 6) is -0.942. The van der Waals surface area contributed by atoms with Crippen LogP contribution < -0.4 is 11.1 Å². The molecular formula is C13H18FN3O2. The van der Waals surface area contributed by atoms with E-state index in [0.717, 1.165) is 38.1 Å². The summed E-state index contributed by atoms with van der Waals surface area (Å²) in [5.41, 5.74) is 5.62. The molecule has 0 aliphatic carbocycles. The molecule has 1 aromatic heterocycles. The van der Waals surface area contributed by atoms with Crippen LogP contribution in [0.25, 0.3) is 0 Å². The topological polar surface area (TPSA) is 77.2 Å². The van der Waals surface area contributed by atoms with E-state index in [1.165, 1.54) is 6.42 Å². The zero-order valence-electron chi connectivity index (χ0n) is 10.7. The molecule has 5 nitrogen and oxygen atoms in total. The van der Waals surface area contributed by atoms with Crippen LogP contribution in [0.2, 0.25) is 0 Å². The van der Waals surface area contributed by atoms with Crippen molar-refractivity contribution in [3.05, 3.63) is 23.6 Å². The van der Waals surface area contributed by atoms with Crippen molar-refractivity contribution in [3.63, 3.8) is 0 Å². The molecule has 0 spiro atoms. The van der Waals surface area contributed by atoms with Crippen molar-refractivity contribution in [2.75, 3.05) is 18.9 Å². The van der Waals surface area contributed by atoms with Gasteiger partial charge >= 0.3 is 0 Å². The van der Waals surface area contributed by atoms with Gasteiger partial charge in [-0.15, -0.1) is 0 Å². The van der Waals surface area contributed by atoms with Crippen molar-refractivity contribution < 1.29 is 13.9 Å². The van der Waals surface area contributed by atoms with Gasteiger partial charge in [0.1, 0.15) is 11.6 Å². The van der Waals surface area contributed by atoms with Crippen LogP contribution in [0.3, 0.4) is 0 Å². The largest absolute Gasteiger partial charge is 0.383 e. The fourth-order valence-electron chi connectivity index (χ4n) is 2.11. The van der Waals surface area contributed by atoms with Crippen LogP contribution in [0.15, 0.2) is 12.3 Å². The standard InChI is InChI=1S/C13H18FN3O2/c14-9-7-11(12(15)17-8-9)13(18)16-5-4-10-3-1-2-6-19-10/h7-8,10H,1-6H2,(H2,15,17)(H,16,18). The number of rotatable bonds is 4. The first kappa shape index (κ1) is 13.7. The molecule has 2 rings (SSSR count). The van der Waals surface area contributed by atoms with Crippen LogP contribution in [-0.4, -0.2) is 30.1 Å². The summed E-state index contributed by atoms with van der Waals surface area (Å²) in [4.78, 5) is 15.4. The molecule has 0 saturated carbocycles. The SMILES string of the molecule is Nc1ncc(F)cc1C(=O)NCCC1CCCCO1. The van der Waals surface area contributed by atoms with Gasteiger partial charge in [0, 0.05) is 13.2 Å². The number of carbonyl (C=O) groups is 1. The molecule has 1 aliphatic rings. The van der Waals surface area contributed by atoms with Crippen molar-refractivity contribution in [2.24, 2.45) is 0 Å². The minimum absolute atomic E-state index is 0.0350. The van der Waals surface area contributed by atoms with E-state index in [2.05, 4.69) is 10.3 Å². The van der Waals surface area contributed by atoms with E-state index >= 15 is 0 Å². The third kappa shape index (κ3) is 3.89. The first-order valence-electron chi connectivity index (χ1n) is 6.47. The van der Waals surface area contributed by atoms with E-state index in [1.807, 2.05) is 0 Å². The summed E-state index contributed by atoms with van der Waals surface area (Å²) >= 11 is 0. The number of nitrogens with two attached hydrogens (primary N) is 1. The lowest BCUT2D eigenvalue weighted by Gasteiger charge is -2.22. The number of amides is 1. The summed E-state index contributed by atoms with van der Waals surface area (Å²) in [7, 11) is 0. The van der Waals surface area contributed by atoms with Gasteiger partial charge in [-0.2, -0.15) is 0 Å². The first-order valence-corrected chi connectivity index (χ1v) is 6.47. The minimum atomic E-state index is -0.574. The van der Waals surface area contributed by atoms with Gasteiger partial charge in [-0.25, -0.2) is 9.37 Å². The van der Waals surface area contributed by atoms with Crippen LogP contribution in [0.5, 0.6) is 0 Å². The second-order valence-corrected chi connectivity index (χ2v) is 4.62. The average molecular weight is 267 g/mol. The summed E-state index contributed by atoms with van der Waals surface area (Å²) in [6, 6.07) is 1.09. The molecule has 1 amide bonds. The maximum absolute atomic E-state index is 13.0. The molecular weight excluding hydrogens is 249 g/mol. The van der Waals surface area contributed by atoms with Crippen LogP contribution in [-0.2, 0) is 4.74 Å². The van der Waals surface area contributed by atoms with Gasteiger partial charge in [-0.1, -0.05) is 0 Å². The van der Waals surface area contributed by atoms with E-state index in [-0.39, 0.29) is 17.5 Å². The summed E-state index contributed by atoms with van der Waals surface area (Å²) in [6.45, 7) is 1.28. The average Bonchev–Trinajstić information content (AvgIpc) is 2.42. The zero-order valence-corrected chi connectivity index (χ0v) is 10.7. The fraction of sp³-hybridized carbons (Fsp3) is 0.538. The Kier molecular flexibility index (Phi) is 4.68. The molecule has 1 fully saturated rings. The monoisotopic (exact) mass is 267 g/mol. The predicted octanol–water partition coefficient (Wildman–Crippen LogP) is 1.49. The molecule has 3 N–H and O–H groups in total. The number of hydrogen-bond donors (Lipinski definition) is 2. The number of nitrogen functional groups attached to an aromatic ring is 1. The number of carbonyl (C=O) groups excluding carboxylic acids is 1. The predicted molar refractivity (Wildman–Crippen MR) is 69.1 cm³/mol. The Labute approximate surface area is 111 Å². The van der Waals surface area contributed by atoms with Crippen molar-refractivity contribution in [1.82, 2.24) is 10.3 Å². The summed E-state index contributed by atoms with van der Waals surface area (Å²) in [6.07, 6.45) is 5.25. The number of ether oxygens (including phenoxy) is 1. The molecule has 1 aliphatic heterocycles. The van der Waals surface area contributed by atoms with Gasteiger partial charge < -0.3 is 15.8 Å². The molecule has 19 heavy (non-hydrogen) atoms. The molecule has 1 unspecified atom stereocenters. The Morgan fingerprint density at radius 2 is 2.42 bits per heavy atom. The number of nitrogens with zero attached hydrogens (tertiary/aromatic N) is 1. The second-order valence-electron chi connectivity index (χ2n) is 4.62. The van der Waals surface area contributed by atoms with E-state index in [9.17, 15) is 9.18 Å². The molecule has 0 radical (unpaired) electrons. The summed E-state index contributed by atoms with van der Waals surface area (Å²) < 4.78 is 18.6. The van der Waals surface area contributed by atoms with E-state index in [1.54, 1.807) is 0 Å². The fourth-order valence-corrected chi connectivity index (χ4v) is 2.11. The van der Waals surface area contributed by atoms with Gasteiger partial charge in [0.25, 0.3) is 5.91 Å². The zero-order chi connectivity index (χ0) is 13.7. The first-order chi connectivity index (χ1) is 9.16. The Hall–Kier alpha value is -1.69. The lowest BCUT2D eigenvalue weighted by Crippen LogP contribution is -2.30. The molecule has 1 aromatic rings. The number of anilines is 1. The van der Waals surface area contributed by atoms with E-state index in [0.29, 0.717) is 6.54 Å². The lowest BCUT2D eigenvalue weighted by atomic mass is 10.1. The number of pyridine rings is 1. The molecule has 2 heterocycles. The van der Waals surface area contributed by atoms with Crippen molar-refractivity contribution in [2.45, 2.75) is 31.8 Å². The van der Waals surface area contributed by atoms with Gasteiger partial charge in [0.05, 0.1) is 17.9 Å². The molecule has 104 valence electrons. The summed E-state index contributed by atoms with van der Waals surface area (Å²) in [5, 5.41) is 2.71. The maximum Gasteiger partial charge on any atom is 0.255 e. The smallest absolute Gasteiger partial charge is 0.255 e. The highest BCUT2D eigenvalue weighted by molar-refractivity contribution is 5.98. The van der Waals surface area contributed by atoms with Gasteiger partial charge in [-0.3, -0.25) is 4.79 Å². The number of nitrogens with one attached hydrogen (secondary N) is 1. The molecule has 1 saturated heterocycles. The number of halogens is 1. The van der Waals surface area contributed by atoms with Gasteiger partial charge in [0.2, 0.25) is 0 Å². The lowest BCUT2D eigenvalue weighted by molar-refractivity contribution is 0.0117. The third-order valence-corrected chi connectivity index (χ3v) is 3.16. The highest BCUT2D eigenvalue weighted by atomic mass is 19.1. The minimum Gasteiger partial charge on any atom is -0.383 e. The van der Waals surface area contributed by atoms with Crippen LogP contribution in [0.1, 0.15) is 36.0 Å². The Bertz CT molecular complexity index is 448. The third-order valence-electron chi connectivity index (χ3n) is 3.16. The quantitative estimate of drug-likeness (QED) is 0.866. The van der Waals surface area contributed by atoms with Crippen molar-refractivity contribution in [3.8, 4) is 0 Å². The molecule has 0 aromatic carbocycles. The Morgan fingerprint density at radius 1 is 1.58 bits per heavy atom. The van der Waals surface area contributed by atoms with Crippen molar-refractivity contribution >= 4 is 11.7 Å². The Balaban J connectivity index is 1.82. The van der Waals surface area contributed by atoms with Crippen LogP contribution in [0.4, 0.5) is 10.2 Å². The molecule has 0 bridgehead atoms. The number of hydrogen-bond acceptors (Lipinski definition) is 4. The Morgan fingerprint density at radius 3 is 3.16 bits per heavy atom. The van der Waals surface area contributed by atoms with Crippen LogP contribution in [0, 0.1) is 5.82 Å². The second kappa shape index (κ2) is 6.47.